The van der Waals surface area contributed by atoms with Gasteiger partial charge in [0.05, 0.1) is 17.7 Å². The van der Waals surface area contributed by atoms with E-state index in [0.29, 0.717) is 6.04 Å². The molecule has 98 valence electrons. The van der Waals surface area contributed by atoms with Crippen molar-refractivity contribution in [1.82, 2.24) is 0 Å². The fraction of sp³-hybridized carbons (Fsp3) is 0.571. The van der Waals surface area contributed by atoms with Crippen molar-refractivity contribution in [3.05, 3.63) is 24.3 Å². The van der Waals surface area contributed by atoms with Crippen molar-refractivity contribution in [3.63, 3.8) is 0 Å². The summed E-state index contributed by atoms with van der Waals surface area (Å²) in [6.45, 7) is 3.57. The average molecular weight is 281 g/mol. The Hall–Kier alpha value is -0.480. The summed E-state index contributed by atoms with van der Waals surface area (Å²) in [5.41, 5.74) is 1.34. The molecular weight excluding hydrogens is 262 g/mol. The summed E-state index contributed by atoms with van der Waals surface area (Å²) in [6.07, 6.45) is 0. The number of anilines is 1. The maximum absolute atomic E-state index is 5.22. The van der Waals surface area contributed by atoms with Crippen LogP contribution in [0.2, 0.25) is 0 Å². The molecule has 2 atom stereocenters. The van der Waals surface area contributed by atoms with Gasteiger partial charge in [0.15, 0.2) is 0 Å². The zero-order chi connectivity index (χ0) is 12.5. The van der Waals surface area contributed by atoms with Crippen LogP contribution >= 0.6 is 23.5 Å². The molecule has 0 radical (unpaired) electrons. The van der Waals surface area contributed by atoms with Crippen LogP contribution < -0.4 is 9.64 Å². The summed E-state index contributed by atoms with van der Waals surface area (Å²) in [4.78, 5) is 2.56. The number of hydrogen-bond donors (Lipinski definition) is 0. The van der Waals surface area contributed by atoms with Gasteiger partial charge in [0.2, 0.25) is 0 Å². The maximum atomic E-state index is 5.22. The van der Waals surface area contributed by atoms with E-state index in [0.717, 1.165) is 16.2 Å². The van der Waals surface area contributed by atoms with Gasteiger partial charge in [0.25, 0.3) is 0 Å². The van der Waals surface area contributed by atoms with Crippen molar-refractivity contribution in [3.8, 4) is 5.75 Å². The molecule has 3 rings (SSSR count). The molecule has 2 nitrogen and oxygen atoms in total. The second-order valence-electron chi connectivity index (χ2n) is 4.93. The smallest absolute Gasteiger partial charge is 0.119 e. The molecule has 2 heterocycles. The van der Waals surface area contributed by atoms with E-state index >= 15 is 0 Å². The summed E-state index contributed by atoms with van der Waals surface area (Å²) in [5.74, 6) is 4.38. The molecular formula is C14H19NOS2. The highest BCUT2D eigenvalue weighted by molar-refractivity contribution is 8.20. The van der Waals surface area contributed by atoms with Gasteiger partial charge in [0.1, 0.15) is 5.75 Å². The van der Waals surface area contributed by atoms with E-state index in [1.54, 1.807) is 7.11 Å². The molecule has 0 saturated carbocycles. The summed E-state index contributed by atoms with van der Waals surface area (Å²) in [7, 11) is 1.72. The lowest BCUT2D eigenvalue weighted by molar-refractivity contribution is 0.336. The van der Waals surface area contributed by atoms with Crippen LogP contribution in [-0.2, 0) is 0 Å². The van der Waals surface area contributed by atoms with E-state index in [1.807, 2.05) is 0 Å². The highest BCUT2D eigenvalue weighted by atomic mass is 32.2. The van der Waals surface area contributed by atoms with Crippen LogP contribution in [0.15, 0.2) is 24.3 Å². The van der Waals surface area contributed by atoms with E-state index in [1.165, 1.54) is 23.7 Å². The monoisotopic (exact) mass is 281 g/mol. The Kier molecular flexibility index (Phi) is 3.66. The Morgan fingerprint density at radius 2 is 1.83 bits per heavy atom. The van der Waals surface area contributed by atoms with Crippen LogP contribution in [0.4, 0.5) is 5.69 Å². The van der Waals surface area contributed by atoms with Gasteiger partial charge in [-0.25, -0.2) is 0 Å². The fourth-order valence-electron chi connectivity index (χ4n) is 2.75. The minimum absolute atomic E-state index is 0.705. The van der Waals surface area contributed by atoms with Crippen LogP contribution in [0, 0.1) is 5.92 Å². The third-order valence-corrected chi connectivity index (χ3v) is 6.93. The molecule has 2 fully saturated rings. The van der Waals surface area contributed by atoms with Crippen molar-refractivity contribution in [2.24, 2.45) is 5.92 Å². The predicted octanol–water partition coefficient (Wildman–Crippen LogP) is 3.33. The molecule has 1 aromatic carbocycles. The highest BCUT2D eigenvalue weighted by Gasteiger charge is 2.42. The second-order valence-corrected chi connectivity index (χ2v) is 7.73. The molecule has 0 amide bonds. The molecule has 0 aromatic heterocycles. The summed E-state index contributed by atoms with van der Waals surface area (Å²) >= 11 is 4.27. The molecule has 4 heteroatoms. The van der Waals surface area contributed by atoms with E-state index < -0.39 is 0 Å². The largest absolute Gasteiger partial charge is 0.497 e. The third-order valence-electron chi connectivity index (χ3n) is 3.76. The molecule has 0 unspecified atom stereocenters. The Labute approximate surface area is 117 Å². The minimum Gasteiger partial charge on any atom is -0.497 e. The zero-order valence-corrected chi connectivity index (χ0v) is 12.5. The number of methoxy groups -OCH3 is 1. The van der Waals surface area contributed by atoms with Crippen molar-refractivity contribution < 1.29 is 4.74 Å². The van der Waals surface area contributed by atoms with Gasteiger partial charge >= 0.3 is 0 Å². The Balaban J connectivity index is 1.74. The fourth-order valence-corrected chi connectivity index (χ4v) is 6.17. The first kappa shape index (κ1) is 12.5. The van der Waals surface area contributed by atoms with Gasteiger partial charge in [-0.3, -0.25) is 0 Å². The Morgan fingerprint density at radius 1 is 1.17 bits per heavy atom. The van der Waals surface area contributed by atoms with Gasteiger partial charge in [-0.2, -0.15) is 0 Å². The van der Waals surface area contributed by atoms with E-state index in [4.69, 9.17) is 4.74 Å². The van der Waals surface area contributed by atoms with Crippen molar-refractivity contribution >= 4 is 29.2 Å². The lowest BCUT2D eigenvalue weighted by Gasteiger charge is -2.50. The van der Waals surface area contributed by atoms with Gasteiger partial charge < -0.3 is 9.64 Å². The minimum atomic E-state index is 0.705. The lowest BCUT2D eigenvalue weighted by atomic mass is 9.91. The van der Waals surface area contributed by atoms with E-state index in [-0.39, 0.29) is 0 Å². The van der Waals surface area contributed by atoms with Crippen LogP contribution in [0.25, 0.3) is 0 Å². The third kappa shape index (κ3) is 2.21. The summed E-state index contributed by atoms with van der Waals surface area (Å²) in [5, 5.41) is 0. The predicted molar refractivity (Wildman–Crippen MR) is 82.0 cm³/mol. The number of ether oxygens (including phenoxy) is 1. The number of hydrogen-bond acceptors (Lipinski definition) is 4. The number of nitrogens with zero attached hydrogens (tertiary/aromatic N) is 1. The maximum Gasteiger partial charge on any atom is 0.119 e. The lowest BCUT2D eigenvalue weighted by Crippen LogP contribution is -2.59. The molecule has 2 saturated heterocycles. The number of benzene rings is 1. The summed E-state index contributed by atoms with van der Waals surface area (Å²) < 4.78 is 5.98. The molecule has 18 heavy (non-hydrogen) atoms. The van der Waals surface area contributed by atoms with E-state index in [2.05, 4.69) is 59.6 Å². The normalized spacial score (nSPS) is 28.2. The van der Waals surface area contributed by atoms with Gasteiger partial charge in [-0.05, 0) is 30.2 Å². The Morgan fingerprint density at radius 3 is 2.39 bits per heavy atom. The molecule has 2 aliphatic heterocycles. The number of rotatable bonds is 3. The first-order valence-corrected chi connectivity index (χ1v) is 8.53. The van der Waals surface area contributed by atoms with Gasteiger partial charge in [-0.15, -0.1) is 23.5 Å². The number of thioether (sulfide) groups is 2. The first-order chi connectivity index (χ1) is 8.79. The molecule has 2 aliphatic rings. The highest BCUT2D eigenvalue weighted by Crippen LogP contribution is 2.44. The van der Waals surface area contributed by atoms with E-state index in [9.17, 15) is 0 Å². The standard InChI is InChI=1S/C14H19NOS2/c1-10-9-15(13(10)14-17-7-8-18-14)11-3-5-12(16-2)6-4-11/h3-6,10,13-14H,7-9H2,1-2H3/t10-,13+/m1/s1. The van der Waals surface area contributed by atoms with Crippen molar-refractivity contribution in [2.75, 3.05) is 30.1 Å². The van der Waals surface area contributed by atoms with Gasteiger partial charge in [-0.1, -0.05) is 6.92 Å². The van der Waals surface area contributed by atoms with Crippen LogP contribution in [0.3, 0.4) is 0 Å². The Bertz CT molecular complexity index is 403. The second kappa shape index (κ2) is 5.25. The topological polar surface area (TPSA) is 12.5 Å². The van der Waals surface area contributed by atoms with Gasteiger partial charge in [0, 0.05) is 23.7 Å². The molecule has 0 bridgehead atoms. The van der Waals surface area contributed by atoms with Crippen molar-refractivity contribution in [2.45, 2.75) is 17.5 Å². The molecule has 0 aliphatic carbocycles. The van der Waals surface area contributed by atoms with Crippen LogP contribution in [0.5, 0.6) is 5.75 Å². The molecule has 0 N–H and O–H groups in total. The van der Waals surface area contributed by atoms with Crippen LogP contribution in [0.1, 0.15) is 6.92 Å². The first-order valence-electron chi connectivity index (χ1n) is 6.43. The molecule has 1 aromatic rings. The quantitative estimate of drug-likeness (QED) is 0.842. The SMILES string of the molecule is COc1ccc(N2C[C@@H](C)[C@H]2C2SCCS2)cc1. The van der Waals surface area contributed by atoms with Crippen LogP contribution in [-0.4, -0.2) is 35.8 Å². The summed E-state index contributed by atoms with van der Waals surface area (Å²) in [6, 6.07) is 9.19. The average Bonchev–Trinajstić information content (AvgIpc) is 2.89. The zero-order valence-electron chi connectivity index (χ0n) is 10.8. The van der Waals surface area contributed by atoms with Crippen molar-refractivity contribution in [1.29, 1.82) is 0 Å². The molecule has 0 spiro atoms.